The van der Waals surface area contributed by atoms with Crippen molar-refractivity contribution in [1.82, 2.24) is 4.90 Å². The summed E-state index contributed by atoms with van der Waals surface area (Å²) >= 11 is 0. The second kappa shape index (κ2) is 11.4. The third-order valence-corrected chi connectivity index (χ3v) is 3.43. The molecule has 0 aliphatic heterocycles. The predicted molar refractivity (Wildman–Crippen MR) is 91.8 cm³/mol. The maximum absolute atomic E-state index is 10.2. The van der Waals surface area contributed by atoms with Gasteiger partial charge in [-0.1, -0.05) is 32.0 Å². The average Bonchev–Trinajstić information content (AvgIpc) is 2.52. The molecule has 0 radical (unpaired) electrons. The van der Waals surface area contributed by atoms with Crippen LogP contribution in [0.4, 0.5) is 0 Å². The first-order chi connectivity index (χ1) is 11.1. The molecule has 0 amide bonds. The number of hydrogen-bond acceptors (Lipinski definition) is 5. The summed E-state index contributed by atoms with van der Waals surface area (Å²) in [5, 5.41) is 10.2. The van der Waals surface area contributed by atoms with E-state index in [1.165, 1.54) is 0 Å². The second-order valence-corrected chi connectivity index (χ2v) is 6.12. The molecule has 0 aliphatic carbocycles. The van der Waals surface area contributed by atoms with Crippen LogP contribution in [-0.4, -0.2) is 63.2 Å². The molecule has 5 heteroatoms. The number of benzene rings is 1. The van der Waals surface area contributed by atoms with Crippen molar-refractivity contribution < 1.29 is 19.3 Å². The molecule has 0 fully saturated rings. The lowest BCUT2D eigenvalue weighted by molar-refractivity contribution is 0.00326. The Kier molecular flexibility index (Phi) is 9.87. The van der Waals surface area contributed by atoms with Crippen molar-refractivity contribution in [2.45, 2.75) is 26.5 Å². The van der Waals surface area contributed by atoms with Crippen molar-refractivity contribution in [3.8, 4) is 5.75 Å². The summed E-state index contributed by atoms with van der Waals surface area (Å²) in [4.78, 5) is 2.16. The van der Waals surface area contributed by atoms with Gasteiger partial charge < -0.3 is 19.3 Å². The predicted octanol–water partition coefficient (Wildman–Crippen LogP) is 2.18. The highest BCUT2D eigenvalue weighted by atomic mass is 16.5. The molecule has 0 spiro atoms. The van der Waals surface area contributed by atoms with Crippen LogP contribution in [0.3, 0.4) is 0 Å². The number of aliphatic hydroxyl groups is 1. The molecule has 1 unspecified atom stereocenters. The van der Waals surface area contributed by atoms with E-state index >= 15 is 0 Å². The Bertz CT molecular complexity index is 425. The summed E-state index contributed by atoms with van der Waals surface area (Å²) in [5.41, 5.74) is 1.10. The van der Waals surface area contributed by atoms with Gasteiger partial charge in [-0.05, 0) is 12.0 Å². The Morgan fingerprint density at radius 1 is 1.13 bits per heavy atom. The zero-order valence-electron chi connectivity index (χ0n) is 14.8. The monoisotopic (exact) mass is 325 g/mol. The number of methoxy groups -OCH3 is 2. The molecule has 0 aromatic heterocycles. The number of para-hydroxylation sites is 1. The number of nitrogens with zero attached hydrogens (tertiary/aromatic N) is 1. The van der Waals surface area contributed by atoms with Crippen molar-refractivity contribution >= 4 is 0 Å². The quantitative estimate of drug-likeness (QED) is 0.638. The molecular formula is C18H31NO4. The van der Waals surface area contributed by atoms with Crippen LogP contribution in [0.25, 0.3) is 0 Å². The summed E-state index contributed by atoms with van der Waals surface area (Å²) in [7, 11) is 3.36. The van der Waals surface area contributed by atoms with E-state index in [1.54, 1.807) is 14.2 Å². The van der Waals surface area contributed by atoms with Crippen molar-refractivity contribution in [3.05, 3.63) is 29.8 Å². The summed E-state index contributed by atoms with van der Waals surface area (Å²) in [6, 6.07) is 7.94. The van der Waals surface area contributed by atoms with E-state index in [0.717, 1.165) is 17.9 Å². The molecular weight excluding hydrogens is 294 g/mol. The molecule has 5 nitrogen and oxygen atoms in total. The van der Waals surface area contributed by atoms with E-state index in [1.807, 2.05) is 24.3 Å². The van der Waals surface area contributed by atoms with Crippen molar-refractivity contribution in [1.29, 1.82) is 0 Å². The molecule has 0 aliphatic rings. The van der Waals surface area contributed by atoms with Gasteiger partial charge in [-0.3, -0.25) is 4.90 Å². The van der Waals surface area contributed by atoms with Gasteiger partial charge >= 0.3 is 0 Å². The van der Waals surface area contributed by atoms with Crippen LogP contribution < -0.4 is 4.74 Å². The number of rotatable bonds is 12. The fraction of sp³-hybridized carbons (Fsp3) is 0.667. The molecule has 1 aromatic rings. The summed E-state index contributed by atoms with van der Waals surface area (Å²) in [6.45, 7) is 7.83. The normalized spacial score (nSPS) is 12.8. The largest absolute Gasteiger partial charge is 0.496 e. The lowest BCUT2D eigenvalue weighted by Gasteiger charge is -2.25. The molecule has 23 heavy (non-hydrogen) atoms. The standard InChI is InChI=1S/C18H31NO4/c1-15(2)13-23-14-17(20)12-19(9-10-21-3)11-16-7-5-6-8-18(16)22-4/h5-8,15,17,20H,9-14H2,1-4H3. The summed E-state index contributed by atoms with van der Waals surface area (Å²) in [6.07, 6.45) is -0.514. The third-order valence-electron chi connectivity index (χ3n) is 3.43. The van der Waals surface area contributed by atoms with Crippen LogP contribution in [0.1, 0.15) is 19.4 Å². The van der Waals surface area contributed by atoms with E-state index in [9.17, 15) is 5.11 Å². The van der Waals surface area contributed by atoms with Crippen molar-refractivity contribution in [2.24, 2.45) is 5.92 Å². The van der Waals surface area contributed by atoms with E-state index < -0.39 is 6.10 Å². The minimum Gasteiger partial charge on any atom is -0.496 e. The average molecular weight is 325 g/mol. The maximum atomic E-state index is 10.2. The topological polar surface area (TPSA) is 51.2 Å². The van der Waals surface area contributed by atoms with Gasteiger partial charge in [-0.25, -0.2) is 0 Å². The molecule has 1 N–H and O–H groups in total. The SMILES string of the molecule is COCCN(Cc1ccccc1OC)CC(O)COCC(C)C. The highest BCUT2D eigenvalue weighted by Gasteiger charge is 2.14. The summed E-state index contributed by atoms with van der Waals surface area (Å²) in [5.74, 6) is 1.33. The summed E-state index contributed by atoms with van der Waals surface area (Å²) < 4.78 is 16.1. The van der Waals surface area contributed by atoms with E-state index in [4.69, 9.17) is 14.2 Å². The first kappa shape index (κ1) is 19.9. The van der Waals surface area contributed by atoms with Gasteiger partial charge in [-0.2, -0.15) is 0 Å². The molecule has 0 bridgehead atoms. The number of hydrogen-bond donors (Lipinski definition) is 1. The molecule has 1 aromatic carbocycles. The van der Waals surface area contributed by atoms with Crippen molar-refractivity contribution in [2.75, 3.05) is 47.1 Å². The second-order valence-electron chi connectivity index (χ2n) is 6.12. The van der Waals surface area contributed by atoms with Crippen LogP contribution >= 0.6 is 0 Å². The zero-order chi connectivity index (χ0) is 17.1. The van der Waals surface area contributed by atoms with Crippen LogP contribution in [0.2, 0.25) is 0 Å². The molecule has 0 heterocycles. The first-order valence-electron chi connectivity index (χ1n) is 8.15. The van der Waals surface area contributed by atoms with E-state index in [2.05, 4.69) is 18.7 Å². The van der Waals surface area contributed by atoms with Crippen LogP contribution in [0.15, 0.2) is 24.3 Å². The van der Waals surface area contributed by atoms with Gasteiger partial charge in [0.2, 0.25) is 0 Å². The molecule has 1 rings (SSSR count). The fourth-order valence-corrected chi connectivity index (χ4v) is 2.32. The van der Waals surface area contributed by atoms with Crippen molar-refractivity contribution in [3.63, 3.8) is 0 Å². The minimum absolute atomic E-state index is 0.355. The van der Waals surface area contributed by atoms with Gasteiger partial charge in [-0.15, -0.1) is 0 Å². The van der Waals surface area contributed by atoms with Gasteiger partial charge in [0.1, 0.15) is 5.75 Å². The lowest BCUT2D eigenvalue weighted by atomic mass is 10.1. The fourth-order valence-electron chi connectivity index (χ4n) is 2.32. The highest BCUT2D eigenvalue weighted by Crippen LogP contribution is 2.19. The van der Waals surface area contributed by atoms with E-state index in [0.29, 0.717) is 38.8 Å². The minimum atomic E-state index is -0.514. The zero-order valence-corrected chi connectivity index (χ0v) is 14.8. The Balaban J connectivity index is 2.57. The molecule has 132 valence electrons. The van der Waals surface area contributed by atoms with Gasteiger partial charge in [0.05, 0.1) is 26.4 Å². The Morgan fingerprint density at radius 3 is 2.52 bits per heavy atom. The Hall–Kier alpha value is -1.14. The molecule has 1 atom stereocenters. The van der Waals surface area contributed by atoms with Gasteiger partial charge in [0.25, 0.3) is 0 Å². The maximum Gasteiger partial charge on any atom is 0.123 e. The van der Waals surface area contributed by atoms with Crippen LogP contribution in [-0.2, 0) is 16.0 Å². The smallest absolute Gasteiger partial charge is 0.123 e. The van der Waals surface area contributed by atoms with E-state index in [-0.39, 0.29) is 0 Å². The van der Waals surface area contributed by atoms with Gasteiger partial charge in [0, 0.05) is 38.9 Å². The Morgan fingerprint density at radius 2 is 1.87 bits per heavy atom. The Labute approximate surface area is 140 Å². The highest BCUT2D eigenvalue weighted by molar-refractivity contribution is 5.33. The number of ether oxygens (including phenoxy) is 3. The lowest BCUT2D eigenvalue weighted by Crippen LogP contribution is -2.36. The van der Waals surface area contributed by atoms with Crippen LogP contribution in [0.5, 0.6) is 5.75 Å². The van der Waals surface area contributed by atoms with Crippen LogP contribution in [0, 0.1) is 5.92 Å². The first-order valence-corrected chi connectivity index (χ1v) is 8.15. The third kappa shape index (κ3) is 8.32. The molecule has 0 saturated carbocycles. The molecule has 0 saturated heterocycles. The van der Waals surface area contributed by atoms with Gasteiger partial charge in [0.15, 0.2) is 0 Å². The number of aliphatic hydroxyl groups excluding tert-OH is 1.